The van der Waals surface area contributed by atoms with Crippen LogP contribution in [0, 0.1) is 0 Å². The first kappa shape index (κ1) is 19.7. The number of thiophene rings is 1. The summed E-state index contributed by atoms with van der Waals surface area (Å²) in [5, 5.41) is 2.83. The maximum Gasteiger partial charge on any atom is 0.271 e. The molecule has 0 bridgehead atoms. The molecule has 1 amide bonds. The average Bonchev–Trinajstić information content (AvgIpc) is 3.35. The molecule has 4 rings (SSSR count). The van der Waals surface area contributed by atoms with Crippen molar-refractivity contribution in [1.82, 2.24) is 5.32 Å². The van der Waals surface area contributed by atoms with E-state index in [0.717, 1.165) is 20.7 Å². The Hall–Kier alpha value is -2.56. The second-order valence-electron chi connectivity index (χ2n) is 6.11. The van der Waals surface area contributed by atoms with Gasteiger partial charge in [0.1, 0.15) is 4.21 Å². The first-order valence-corrected chi connectivity index (χ1v) is 11.5. The summed E-state index contributed by atoms with van der Waals surface area (Å²) >= 11 is 4.37. The molecule has 1 aromatic heterocycles. The predicted octanol–water partition coefficient (Wildman–Crippen LogP) is 3.97. The Bertz CT molecular complexity index is 1160. The van der Waals surface area contributed by atoms with Gasteiger partial charge < -0.3 is 14.8 Å². The highest BCUT2D eigenvalue weighted by molar-refractivity contribution is 9.11. The fraction of sp³-hybridized carbons (Fsp3) is 0.105. The van der Waals surface area contributed by atoms with E-state index in [4.69, 9.17) is 9.47 Å². The molecule has 0 saturated carbocycles. The average molecular weight is 495 g/mol. The van der Waals surface area contributed by atoms with Gasteiger partial charge in [-0.25, -0.2) is 8.42 Å². The lowest BCUT2D eigenvalue weighted by molar-refractivity contribution is 0.0951. The van der Waals surface area contributed by atoms with Crippen LogP contribution in [-0.2, 0) is 16.6 Å². The number of amides is 1. The summed E-state index contributed by atoms with van der Waals surface area (Å²) in [7, 11) is -3.66. The molecule has 7 nitrogen and oxygen atoms in total. The second kappa shape index (κ2) is 8.05. The van der Waals surface area contributed by atoms with E-state index in [-0.39, 0.29) is 16.9 Å². The van der Waals surface area contributed by atoms with Crippen LogP contribution < -0.4 is 19.5 Å². The van der Waals surface area contributed by atoms with E-state index in [9.17, 15) is 13.2 Å². The highest BCUT2D eigenvalue weighted by atomic mass is 79.9. The van der Waals surface area contributed by atoms with E-state index in [1.165, 1.54) is 6.07 Å². The van der Waals surface area contributed by atoms with Crippen molar-refractivity contribution in [3.8, 4) is 11.5 Å². The van der Waals surface area contributed by atoms with Gasteiger partial charge in [0.05, 0.1) is 3.79 Å². The van der Waals surface area contributed by atoms with Crippen LogP contribution in [0.3, 0.4) is 0 Å². The molecule has 2 heterocycles. The minimum Gasteiger partial charge on any atom is -0.454 e. The molecular formula is C19H15BrN2O5S2. The maximum atomic E-state index is 12.4. The molecule has 2 aromatic carbocycles. The maximum absolute atomic E-state index is 12.4. The highest BCUT2D eigenvalue weighted by Crippen LogP contribution is 2.32. The van der Waals surface area contributed by atoms with Gasteiger partial charge in [0.25, 0.3) is 15.9 Å². The highest BCUT2D eigenvalue weighted by Gasteiger charge is 2.17. The van der Waals surface area contributed by atoms with Crippen molar-refractivity contribution in [2.24, 2.45) is 0 Å². The van der Waals surface area contributed by atoms with E-state index in [2.05, 4.69) is 26.0 Å². The van der Waals surface area contributed by atoms with Crippen LogP contribution in [0.5, 0.6) is 11.5 Å². The number of carbonyl (C=O) groups excluding carboxylic acids is 1. The summed E-state index contributed by atoms with van der Waals surface area (Å²) in [6.45, 7) is 0.530. The number of halogens is 1. The molecule has 10 heteroatoms. The molecule has 0 saturated heterocycles. The van der Waals surface area contributed by atoms with Gasteiger partial charge in [-0.3, -0.25) is 9.52 Å². The summed E-state index contributed by atoms with van der Waals surface area (Å²) in [6.07, 6.45) is 0. The molecule has 29 heavy (non-hydrogen) atoms. The molecule has 0 atom stereocenters. The third-order valence-corrected chi connectivity index (χ3v) is 7.60. The Balaban J connectivity index is 1.38. The second-order valence-corrected chi connectivity index (χ2v) is 10.5. The summed E-state index contributed by atoms with van der Waals surface area (Å²) in [5.41, 5.74) is 1.68. The summed E-state index contributed by atoms with van der Waals surface area (Å²) in [5.74, 6) is 1.08. The van der Waals surface area contributed by atoms with Crippen LogP contribution in [0.15, 0.2) is 62.6 Å². The zero-order valence-electron chi connectivity index (χ0n) is 14.8. The van der Waals surface area contributed by atoms with Crippen LogP contribution in [0.25, 0.3) is 0 Å². The van der Waals surface area contributed by atoms with Gasteiger partial charge in [0.15, 0.2) is 11.5 Å². The molecule has 2 N–H and O–H groups in total. The van der Waals surface area contributed by atoms with Gasteiger partial charge in [0.2, 0.25) is 6.79 Å². The van der Waals surface area contributed by atoms with Crippen LogP contribution in [0.2, 0.25) is 0 Å². The molecule has 0 aliphatic carbocycles. The normalized spacial score (nSPS) is 12.6. The summed E-state index contributed by atoms with van der Waals surface area (Å²) in [6, 6.07) is 14.9. The molecule has 150 valence electrons. The topological polar surface area (TPSA) is 93.7 Å². The third kappa shape index (κ3) is 4.55. The van der Waals surface area contributed by atoms with Gasteiger partial charge in [-0.2, -0.15) is 0 Å². The number of fused-ring (bicyclic) bond motifs is 1. The van der Waals surface area contributed by atoms with Gasteiger partial charge in [0, 0.05) is 17.8 Å². The van der Waals surface area contributed by atoms with Crippen LogP contribution in [0.1, 0.15) is 15.9 Å². The lowest BCUT2D eigenvalue weighted by Crippen LogP contribution is -2.22. The Morgan fingerprint density at radius 1 is 1.03 bits per heavy atom. The third-order valence-electron chi connectivity index (χ3n) is 4.10. The van der Waals surface area contributed by atoms with Crippen molar-refractivity contribution >= 4 is 48.9 Å². The zero-order valence-corrected chi connectivity index (χ0v) is 18.1. The van der Waals surface area contributed by atoms with E-state index < -0.39 is 10.0 Å². The standard InChI is InChI=1S/C19H15BrN2O5S2/c20-17-7-8-18(28-17)29(24,25)22-14-4-2-13(3-5-14)19(23)21-10-12-1-6-15-16(9-12)27-11-26-15/h1-9,22H,10-11H2,(H,21,23). The number of sulfonamides is 1. The Morgan fingerprint density at radius 3 is 2.52 bits per heavy atom. The summed E-state index contributed by atoms with van der Waals surface area (Å²) in [4.78, 5) is 12.4. The lowest BCUT2D eigenvalue weighted by atomic mass is 10.1. The van der Waals surface area contributed by atoms with Crippen molar-refractivity contribution < 1.29 is 22.7 Å². The SMILES string of the molecule is O=C(NCc1ccc2c(c1)OCO2)c1ccc(NS(=O)(=O)c2ccc(Br)s2)cc1. The van der Waals surface area contributed by atoms with E-state index in [0.29, 0.717) is 29.3 Å². The van der Waals surface area contributed by atoms with Gasteiger partial charge in [-0.15, -0.1) is 11.3 Å². The molecule has 1 aliphatic rings. The Kier molecular flexibility index (Phi) is 5.48. The first-order chi connectivity index (χ1) is 13.9. The number of ether oxygens (including phenoxy) is 2. The zero-order chi connectivity index (χ0) is 20.4. The van der Waals surface area contributed by atoms with Gasteiger partial charge in [-0.1, -0.05) is 6.07 Å². The molecule has 0 radical (unpaired) electrons. The van der Waals surface area contributed by atoms with E-state index in [1.807, 2.05) is 12.1 Å². The van der Waals surface area contributed by atoms with Crippen molar-refractivity contribution in [2.45, 2.75) is 10.8 Å². The molecule has 3 aromatic rings. The fourth-order valence-electron chi connectivity index (χ4n) is 2.67. The monoisotopic (exact) mass is 494 g/mol. The van der Waals surface area contributed by atoms with Crippen LogP contribution >= 0.6 is 27.3 Å². The molecule has 0 fully saturated rings. The van der Waals surface area contributed by atoms with Gasteiger partial charge in [-0.05, 0) is 70.0 Å². The van der Waals surface area contributed by atoms with Crippen molar-refractivity contribution in [3.63, 3.8) is 0 Å². The molecular weight excluding hydrogens is 480 g/mol. The largest absolute Gasteiger partial charge is 0.454 e. The number of rotatable bonds is 6. The van der Waals surface area contributed by atoms with Crippen LogP contribution in [0.4, 0.5) is 5.69 Å². The van der Waals surface area contributed by atoms with E-state index >= 15 is 0 Å². The number of hydrogen-bond acceptors (Lipinski definition) is 6. The first-order valence-electron chi connectivity index (χ1n) is 8.46. The van der Waals surface area contributed by atoms with Crippen molar-refractivity contribution in [2.75, 3.05) is 11.5 Å². The minimum absolute atomic E-state index is 0.199. The minimum atomic E-state index is -3.66. The number of hydrogen-bond donors (Lipinski definition) is 2. The summed E-state index contributed by atoms with van der Waals surface area (Å²) < 4.78 is 38.7. The van der Waals surface area contributed by atoms with Gasteiger partial charge >= 0.3 is 0 Å². The lowest BCUT2D eigenvalue weighted by Gasteiger charge is -2.09. The number of carbonyl (C=O) groups is 1. The van der Waals surface area contributed by atoms with Crippen molar-refractivity contribution in [3.05, 3.63) is 69.5 Å². The molecule has 0 spiro atoms. The quantitative estimate of drug-likeness (QED) is 0.540. The predicted molar refractivity (Wildman–Crippen MR) is 113 cm³/mol. The molecule has 1 aliphatic heterocycles. The fourth-order valence-corrected chi connectivity index (χ4v) is 5.74. The van der Waals surface area contributed by atoms with Crippen molar-refractivity contribution in [1.29, 1.82) is 0 Å². The number of nitrogens with one attached hydrogen (secondary N) is 2. The Labute approximate surface area is 179 Å². The molecule has 0 unspecified atom stereocenters. The number of benzene rings is 2. The van der Waals surface area contributed by atoms with E-state index in [1.54, 1.807) is 36.4 Å². The Morgan fingerprint density at radius 2 is 1.79 bits per heavy atom. The smallest absolute Gasteiger partial charge is 0.271 e. The van der Waals surface area contributed by atoms with Crippen LogP contribution in [-0.4, -0.2) is 21.1 Å². The number of anilines is 1.